The van der Waals surface area contributed by atoms with E-state index >= 15 is 0 Å². The van der Waals surface area contributed by atoms with Crippen molar-refractivity contribution in [2.75, 3.05) is 26.3 Å². The normalized spacial score (nSPS) is 17.2. The topological polar surface area (TPSA) is 158 Å². The van der Waals surface area contributed by atoms with Gasteiger partial charge in [-0.25, -0.2) is 13.3 Å². The van der Waals surface area contributed by atoms with Crippen molar-refractivity contribution in [1.29, 1.82) is 0 Å². The molecule has 1 heterocycles. The predicted molar refractivity (Wildman–Crippen MR) is 145 cm³/mol. The van der Waals surface area contributed by atoms with Crippen LogP contribution in [0, 0.1) is 16.0 Å². The van der Waals surface area contributed by atoms with Gasteiger partial charge in [-0.05, 0) is 42.0 Å². The van der Waals surface area contributed by atoms with Gasteiger partial charge in [-0.3, -0.25) is 14.7 Å². The van der Waals surface area contributed by atoms with Gasteiger partial charge in [0.1, 0.15) is 12.2 Å². The van der Waals surface area contributed by atoms with E-state index < -0.39 is 39.7 Å². The number of carbonyl (C=O) groups is 1. The van der Waals surface area contributed by atoms with E-state index in [1.165, 1.54) is 24.1 Å². The number of benzene rings is 2. The third-order valence-electron chi connectivity index (χ3n) is 5.69. The lowest BCUT2D eigenvalue weighted by molar-refractivity contribution is -0.384. The van der Waals surface area contributed by atoms with E-state index in [1.807, 2.05) is 48.5 Å². The van der Waals surface area contributed by atoms with E-state index in [2.05, 4.69) is 5.32 Å². The molecule has 0 bridgehead atoms. The minimum absolute atomic E-state index is 0.0239. The van der Waals surface area contributed by atoms with Gasteiger partial charge in [0.15, 0.2) is 0 Å². The highest BCUT2D eigenvalue weighted by molar-refractivity contribution is 7.97. The molecule has 2 aromatic carbocycles. The molecule has 0 aromatic heterocycles. The van der Waals surface area contributed by atoms with E-state index in [1.54, 1.807) is 12.1 Å². The number of non-ortho nitro benzene ring substituents is 1. The summed E-state index contributed by atoms with van der Waals surface area (Å²) in [6, 6.07) is 14.2. The molecule has 214 valence electrons. The van der Waals surface area contributed by atoms with Crippen molar-refractivity contribution in [1.82, 2.24) is 9.62 Å². The highest BCUT2D eigenvalue weighted by atomic mass is 32.3. The molecule has 0 radical (unpaired) electrons. The summed E-state index contributed by atoms with van der Waals surface area (Å²) in [5, 5.41) is 13.7. The number of hydrogen-bond acceptors (Lipinski definition) is 10. The standard InChI is InChI=1S/C25H33N3O9S2/c1-18(2)15-27(38-22-10-8-20(9-11-22)28(30)31)16-24(37-39(32,33)34)23(14-19-6-4-3-5-7-19)26-25(29)36-21-12-13-35-17-21/h3-11,18,21,23-24H,12-17H2,1-2H3,(H,26,29)(H,32,33,34)/t21-,23-,24+/m0/s1. The molecule has 1 saturated heterocycles. The Balaban J connectivity index is 1.86. The fourth-order valence-electron chi connectivity index (χ4n) is 4.00. The molecule has 0 saturated carbocycles. The second-order valence-corrected chi connectivity index (χ2v) is 11.7. The van der Waals surface area contributed by atoms with Gasteiger partial charge in [-0.1, -0.05) is 44.2 Å². The molecular formula is C25H33N3O9S2. The van der Waals surface area contributed by atoms with Gasteiger partial charge in [-0.2, -0.15) is 8.42 Å². The van der Waals surface area contributed by atoms with Gasteiger partial charge in [0.25, 0.3) is 5.69 Å². The third kappa shape index (κ3) is 11.1. The summed E-state index contributed by atoms with van der Waals surface area (Å²) in [4.78, 5) is 24.0. The summed E-state index contributed by atoms with van der Waals surface area (Å²) in [5.41, 5.74) is 0.745. The van der Waals surface area contributed by atoms with Gasteiger partial charge >= 0.3 is 16.5 Å². The SMILES string of the molecule is CC(C)CN(C[C@@H](OS(=O)(=O)O)[C@H](Cc1ccccc1)NC(=O)O[C@H]1CCOC1)Sc1ccc([N+](=O)[O-])cc1. The number of hydrogen-bond donors (Lipinski definition) is 2. The lowest BCUT2D eigenvalue weighted by Gasteiger charge is -2.32. The Morgan fingerprint density at radius 3 is 2.46 bits per heavy atom. The summed E-state index contributed by atoms with van der Waals surface area (Å²) < 4.78 is 51.1. The van der Waals surface area contributed by atoms with Crippen LogP contribution in [-0.2, 0) is 30.5 Å². The molecule has 12 nitrogen and oxygen atoms in total. The zero-order valence-corrected chi connectivity index (χ0v) is 23.3. The van der Waals surface area contributed by atoms with Crippen LogP contribution >= 0.6 is 11.9 Å². The molecule has 3 atom stereocenters. The molecule has 1 aliphatic heterocycles. The van der Waals surface area contributed by atoms with Crippen LogP contribution in [0.15, 0.2) is 59.5 Å². The summed E-state index contributed by atoms with van der Waals surface area (Å²) in [6.07, 6.45) is -1.64. The van der Waals surface area contributed by atoms with Crippen molar-refractivity contribution in [3.63, 3.8) is 0 Å². The number of ether oxygens (including phenoxy) is 2. The van der Waals surface area contributed by atoms with E-state index in [4.69, 9.17) is 13.7 Å². The molecule has 0 spiro atoms. The van der Waals surface area contributed by atoms with Gasteiger partial charge < -0.3 is 14.8 Å². The van der Waals surface area contributed by atoms with Crippen molar-refractivity contribution in [3.05, 3.63) is 70.3 Å². The molecular weight excluding hydrogens is 550 g/mol. The number of nitrogens with zero attached hydrogens (tertiary/aromatic N) is 2. The summed E-state index contributed by atoms with van der Waals surface area (Å²) >= 11 is 1.25. The first-order valence-electron chi connectivity index (χ1n) is 12.4. The van der Waals surface area contributed by atoms with Gasteiger partial charge in [0.2, 0.25) is 0 Å². The number of rotatable bonds is 14. The van der Waals surface area contributed by atoms with Crippen LogP contribution in [0.25, 0.3) is 0 Å². The van der Waals surface area contributed by atoms with Crippen molar-refractivity contribution < 1.29 is 36.3 Å². The smallest absolute Gasteiger partial charge is 0.407 e. The largest absolute Gasteiger partial charge is 0.444 e. The second kappa shape index (κ2) is 14.6. The Morgan fingerprint density at radius 1 is 1.21 bits per heavy atom. The van der Waals surface area contributed by atoms with Crippen LogP contribution in [0.3, 0.4) is 0 Å². The van der Waals surface area contributed by atoms with Crippen molar-refractivity contribution in [3.8, 4) is 0 Å². The van der Waals surface area contributed by atoms with Crippen molar-refractivity contribution in [2.24, 2.45) is 5.92 Å². The van der Waals surface area contributed by atoms with E-state index in [0.717, 1.165) is 5.56 Å². The number of carbonyl (C=O) groups excluding carboxylic acids is 1. The van der Waals surface area contributed by atoms with Crippen LogP contribution in [0.4, 0.5) is 10.5 Å². The Labute approximate surface area is 232 Å². The molecule has 0 unspecified atom stereocenters. The van der Waals surface area contributed by atoms with Gasteiger partial charge in [0, 0.05) is 36.5 Å². The molecule has 14 heteroatoms. The highest BCUT2D eigenvalue weighted by Gasteiger charge is 2.32. The average molecular weight is 584 g/mol. The maximum atomic E-state index is 12.8. The van der Waals surface area contributed by atoms with Crippen molar-refractivity contribution >= 4 is 34.1 Å². The number of nitro benzene ring substituents is 1. The third-order valence-corrected chi connectivity index (χ3v) is 7.22. The predicted octanol–water partition coefficient (Wildman–Crippen LogP) is 3.87. The monoisotopic (exact) mass is 583 g/mol. The summed E-state index contributed by atoms with van der Waals surface area (Å²) in [5.74, 6) is 0.148. The quantitative estimate of drug-likeness (QED) is 0.144. The molecule has 1 fully saturated rings. The minimum Gasteiger partial charge on any atom is -0.444 e. The zero-order valence-electron chi connectivity index (χ0n) is 21.7. The molecule has 0 aliphatic carbocycles. The molecule has 1 amide bonds. The fraction of sp³-hybridized carbons (Fsp3) is 0.480. The first kappa shape index (κ1) is 30.8. The number of amides is 1. The van der Waals surface area contributed by atoms with E-state index in [9.17, 15) is 27.9 Å². The lowest BCUT2D eigenvalue weighted by Crippen LogP contribution is -2.51. The molecule has 2 aromatic rings. The van der Waals surface area contributed by atoms with Gasteiger partial charge in [-0.15, -0.1) is 0 Å². The van der Waals surface area contributed by atoms with Crippen LogP contribution < -0.4 is 5.32 Å². The summed E-state index contributed by atoms with van der Waals surface area (Å²) in [6.45, 7) is 5.16. The molecule has 1 aliphatic rings. The number of nitro groups is 1. The van der Waals surface area contributed by atoms with Crippen LogP contribution in [0.1, 0.15) is 25.8 Å². The van der Waals surface area contributed by atoms with Crippen LogP contribution in [0.2, 0.25) is 0 Å². The zero-order chi connectivity index (χ0) is 28.4. The second-order valence-electron chi connectivity index (χ2n) is 9.48. The van der Waals surface area contributed by atoms with Crippen LogP contribution in [-0.4, -0.2) is 72.8 Å². The Morgan fingerprint density at radius 2 is 1.90 bits per heavy atom. The Hall–Kier alpha value is -2.75. The Kier molecular flexibility index (Phi) is 11.5. The first-order chi connectivity index (χ1) is 18.5. The minimum atomic E-state index is -4.90. The number of alkyl carbamates (subject to hydrolysis) is 1. The van der Waals surface area contributed by atoms with E-state index in [0.29, 0.717) is 24.5 Å². The first-order valence-corrected chi connectivity index (χ1v) is 14.5. The maximum Gasteiger partial charge on any atom is 0.407 e. The number of nitrogens with one attached hydrogen (secondary N) is 1. The average Bonchev–Trinajstić information content (AvgIpc) is 3.36. The van der Waals surface area contributed by atoms with E-state index in [-0.39, 0.29) is 31.2 Å². The Bertz CT molecular complexity index is 1180. The van der Waals surface area contributed by atoms with Crippen molar-refractivity contribution in [2.45, 2.75) is 49.8 Å². The van der Waals surface area contributed by atoms with Gasteiger partial charge in [0.05, 0.1) is 24.2 Å². The van der Waals surface area contributed by atoms with Crippen LogP contribution in [0.5, 0.6) is 0 Å². The molecule has 3 rings (SSSR count). The highest BCUT2D eigenvalue weighted by Crippen LogP contribution is 2.27. The lowest BCUT2D eigenvalue weighted by atomic mass is 10.0. The molecule has 2 N–H and O–H groups in total. The maximum absolute atomic E-state index is 12.8. The summed E-state index contributed by atoms with van der Waals surface area (Å²) in [7, 11) is -4.90. The molecule has 39 heavy (non-hydrogen) atoms. The fourth-order valence-corrected chi connectivity index (χ4v) is 5.66.